The summed E-state index contributed by atoms with van der Waals surface area (Å²) in [6.07, 6.45) is 6.60. The third-order valence-corrected chi connectivity index (χ3v) is 6.06. The number of hydrogen-bond acceptors (Lipinski definition) is 5. The molecule has 2 aliphatic heterocycles. The van der Waals surface area contributed by atoms with Crippen molar-refractivity contribution in [2.75, 3.05) is 26.3 Å². The Balaban J connectivity index is 0.000000360. The molecule has 3 heterocycles. The second-order valence-electron chi connectivity index (χ2n) is 8.23. The molecule has 1 N–H and O–H groups in total. The Kier molecular flexibility index (Phi) is 7.89. The number of aliphatic carboxylic acids is 1. The van der Waals surface area contributed by atoms with Crippen molar-refractivity contribution in [2.45, 2.75) is 44.1 Å². The molecule has 1 aromatic heterocycles. The van der Waals surface area contributed by atoms with Gasteiger partial charge < -0.3 is 19.5 Å². The van der Waals surface area contributed by atoms with Gasteiger partial charge >= 0.3 is 12.1 Å². The second kappa shape index (κ2) is 10.4. The summed E-state index contributed by atoms with van der Waals surface area (Å²) in [5.74, 6) is -1.79. The number of pyridine rings is 1. The van der Waals surface area contributed by atoms with Crippen LogP contribution >= 0.6 is 0 Å². The third kappa shape index (κ3) is 6.07. The number of carboxylic acid groups (broad SMARTS) is 1. The molecule has 2 saturated heterocycles. The summed E-state index contributed by atoms with van der Waals surface area (Å²) in [5.41, 5.74) is 1.04. The van der Waals surface area contributed by atoms with Gasteiger partial charge in [0, 0.05) is 31.5 Å². The maximum absolute atomic E-state index is 12.5. The Morgan fingerprint density at radius 1 is 1.22 bits per heavy atom. The third-order valence-electron chi connectivity index (χ3n) is 6.06. The number of hydrogen-bond donors (Lipinski definition) is 1. The Bertz CT molecular complexity index is 802. The standard InChI is InChI=1S/C20H26N2O3.C2HF3O2/c23-19(17-3-1-2-4-17)22-14-20(15-22)18(8-12-25-20)7-11-24-13-16-5-9-21-10-6-16;3-2(4,5)1(6)7/h1-2,5-6,9-10,17-18H,3-4,7-8,11-15H2;(H,6,7). The van der Waals surface area contributed by atoms with E-state index in [1.54, 1.807) is 12.4 Å². The van der Waals surface area contributed by atoms with Crippen LogP contribution in [0.1, 0.15) is 31.2 Å². The summed E-state index contributed by atoms with van der Waals surface area (Å²) in [6.45, 7) is 3.69. The van der Waals surface area contributed by atoms with E-state index in [2.05, 4.69) is 17.1 Å². The molecule has 0 bridgehead atoms. The van der Waals surface area contributed by atoms with Crippen LogP contribution in [0.5, 0.6) is 0 Å². The van der Waals surface area contributed by atoms with Gasteiger partial charge in [-0.25, -0.2) is 4.79 Å². The zero-order valence-corrected chi connectivity index (χ0v) is 17.6. The van der Waals surface area contributed by atoms with Crippen molar-refractivity contribution in [3.63, 3.8) is 0 Å². The van der Waals surface area contributed by atoms with E-state index in [4.69, 9.17) is 19.4 Å². The molecule has 1 unspecified atom stereocenters. The van der Waals surface area contributed by atoms with Crippen LogP contribution < -0.4 is 0 Å². The highest BCUT2D eigenvalue weighted by Crippen LogP contribution is 2.42. The average Bonchev–Trinajstić information content (AvgIpc) is 3.40. The van der Waals surface area contributed by atoms with Gasteiger partial charge in [0.15, 0.2) is 0 Å². The lowest BCUT2D eigenvalue weighted by atomic mass is 9.78. The topological polar surface area (TPSA) is 89.0 Å². The number of carbonyl (C=O) groups excluding carboxylic acids is 1. The summed E-state index contributed by atoms with van der Waals surface area (Å²) >= 11 is 0. The van der Waals surface area contributed by atoms with E-state index >= 15 is 0 Å². The summed E-state index contributed by atoms with van der Waals surface area (Å²) in [7, 11) is 0. The van der Waals surface area contributed by atoms with Gasteiger partial charge in [-0.1, -0.05) is 12.2 Å². The Labute approximate surface area is 184 Å². The smallest absolute Gasteiger partial charge is 0.475 e. The number of rotatable bonds is 6. The number of allylic oxidation sites excluding steroid dienone is 2. The Morgan fingerprint density at radius 3 is 2.44 bits per heavy atom. The van der Waals surface area contributed by atoms with Crippen LogP contribution in [0.25, 0.3) is 0 Å². The largest absolute Gasteiger partial charge is 0.490 e. The predicted octanol–water partition coefficient (Wildman–Crippen LogP) is 3.21. The van der Waals surface area contributed by atoms with Crippen molar-refractivity contribution in [1.82, 2.24) is 9.88 Å². The Morgan fingerprint density at radius 2 is 1.84 bits per heavy atom. The molecule has 1 aliphatic carbocycles. The monoisotopic (exact) mass is 456 g/mol. The number of likely N-dealkylation sites (tertiary alicyclic amines) is 1. The molecule has 0 aromatic carbocycles. The fraction of sp³-hybridized carbons (Fsp3) is 0.591. The van der Waals surface area contributed by atoms with Crippen molar-refractivity contribution in [2.24, 2.45) is 11.8 Å². The molecule has 1 amide bonds. The summed E-state index contributed by atoms with van der Waals surface area (Å²) < 4.78 is 43.6. The predicted molar refractivity (Wildman–Crippen MR) is 107 cm³/mol. The number of ether oxygens (including phenoxy) is 2. The van der Waals surface area contributed by atoms with E-state index in [1.165, 1.54) is 0 Å². The van der Waals surface area contributed by atoms with E-state index in [1.807, 2.05) is 17.0 Å². The van der Waals surface area contributed by atoms with Crippen molar-refractivity contribution in [1.29, 1.82) is 0 Å². The molecule has 0 saturated carbocycles. The maximum atomic E-state index is 12.5. The molecule has 0 radical (unpaired) electrons. The fourth-order valence-corrected chi connectivity index (χ4v) is 4.27. The SMILES string of the molecule is O=C(C1CC=CC1)N1CC2(C1)OCCC2CCOCc1ccncc1.O=C(O)C(F)(F)F. The lowest BCUT2D eigenvalue weighted by Gasteiger charge is -2.51. The maximum Gasteiger partial charge on any atom is 0.490 e. The van der Waals surface area contributed by atoms with E-state index in [0.29, 0.717) is 18.4 Å². The number of aromatic nitrogens is 1. The van der Waals surface area contributed by atoms with E-state index in [9.17, 15) is 18.0 Å². The van der Waals surface area contributed by atoms with Gasteiger partial charge in [-0.3, -0.25) is 9.78 Å². The first-order valence-electron chi connectivity index (χ1n) is 10.6. The quantitative estimate of drug-likeness (QED) is 0.523. The van der Waals surface area contributed by atoms with Crippen LogP contribution in [0.4, 0.5) is 13.2 Å². The van der Waals surface area contributed by atoms with Crippen molar-refractivity contribution in [3.8, 4) is 0 Å². The molecule has 1 spiro atoms. The number of amides is 1. The number of alkyl halides is 3. The molecule has 10 heteroatoms. The number of nitrogens with zero attached hydrogens (tertiary/aromatic N) is 2. The van der Waals surface area contributed by atoms with Gasteiger partial charge in [0.2, 0.25) is 5.91 Å². The Hall–Kier alpha value is -2.46. The minimum absolute atomic E-state index is 0.109. The van der Waals surface area contributed by atoms with Crippen molar-refractivity contribution >= 4 is 11.9 Å². The molecule has 1 atom stereocenters. The summed E-state index contributed by atoms with van der Waals surface area (Å²) in [6, 6.07) is 3.96. The lowest BCUT2D eigenvalue weighted by Crippen LogP contribution is -2.66. The minimum Gasteiger partial charge on any atom is -0.475 e. The minimum atomic E-state index is -5.08. The molecular formula is C22H27F3N2O5. The highest BCUT2D eigenvalue weighted by molar-refractivity contribution is 5.80. The van der Waals surface area contributed by atoms with E-state index in [-0.39, 0.29) is 11.5 Å². The first-order valence-corrected chi connectivity index (χ1v) is 10.6. The zero-order valence-electron chi connectivity index (χ0n) is 17.6. The number of carbonyl (C=O) groups is 2. The lowest BCUT2D eigenvalue weighted by molar-refractivity contribution is -0.192. The molecule has 2 fully saturated rings. The molecule has 4 rings (SSSR count). The fourth-order valence-electron chi connectivity index (χ4n) is 4.27. The van der Waals surface area contributed by atoms with Gasteiger partial charge in [-0.15, -0.1) is 0 Å². The summed E-state index contributed by atoms with van der Waals surface area (Å²) in [4.78, 5) is 27.4. The van der Waals surface area contributed by atoms with Crippen LogP contribution in [-0.4, -0.2) is 64.9 Å². The van der Waals surface area contributed by atoms with E-state index in [0.717, 1.165) is 57.6 Å². The van der Waals surface area contributed by atoms with Gasteiger partial charge in [-0.2, -0.15) is 13.2 Å². The molecular weight excluding hydrogens is 429 g/mol. The zero-order chi connectivity index (χ0) is 23.2. The second-order valence-corrected chi connectivity index (χ2v) is 8.23. The van der Waals surface area contributed by atoms with Crippen LogP contribution in [0.15, 0.2) is 36.7 Å². The van der Waals surface area contributed by atoms with Gasteiger partial charge in [0.05, 0.1) is 19.7 Å². The molecule has 32 heavy (non-hydrogen) atoms. The average molecular weight is 456 g/mol. The van der Waals surface area contributed by atoms with Gasteiger partial charge in [0.25, 0.3) is 0 Å². The van der Waals surface area contributed by atoms with Crippen LogP contribution in [0.3, 0.4) is 0 Å². The van der Waals surface area contributed by atoms with Crippen molar-refractivity contribution in [3.05, 3.63) is 42.2 Å². The van der Waals surface area contributed by atoms with Crippen molar-refractivity contribution < 1.29 is 37.3 Å². The summed E-state index contributed by atoms with van der Waals surface area (Å²) in [5, 5.41) is 7.12. The normalized spacial score (nSPS) is 21.8. The van der Waals surface area contributed by atoms with Crippen LogP contribution in [0.2, 0.25) is 0 Å². The molecule has 7 nitrogen and oxygen atoms in total. The molecule has 1 aromatic rings. The van der Waals surface area contributed by atoms with Crippen LogP contribution in [-0.2, 0) is 25.7 Å². The first kappa shape index (κ1) is 24.2. The first-order chi connectivity index (χ1) is 15.2. The molecule has 176 valence electrons. The highest BCUT2D eigenvalue weighted by atomic mass is 19.4. The van der Waals surface area contributed by atoms with E-state index < -0.39 is 12.1 Å². The van der Waals surface area contributed by atoms with Gasteiger partial charge in [0.1, 0.15) is 5.60 Å². The highest BCUT2D eigenvalue weighted by Gasteiger charge is 2.54. The number of halogens is 3. The number of carboxylic acids is 1. The molecule has 3 aliphatic rings. The van der Waals surface area contributed by atoms with Crippen LogP contribution in [0, 0.1) is 11.8 Å². The van der Waals surface area contributed by atoms with Gasteiger partial charge in [-0.05, 0) is 49.3 Å².